The zero-order valence-electron chi connectivity index (χ0n) is 11.8. The van der Waals surface area contributed by atoms with E-state index in [1.165, 1.54) is 4.80 Å². The minimum Gasteiger partial charge on any atom is -0.476 e. The maximum absolute atomic E-state index is 11.2. The normalized spacial score (nSPS) is 10.6. The Labute approximate surface area is 117 Å². The summed E-state index contributed by atoms with van der Waals surface area (Å²) in [6.07, 6.45) is 0.884. The van der Waals surface area contributed by atoms with E-state index in [0.29, 0.717) is 12.4 Å². The molecule has 1 heterocycles. The van der Waals surface area contributed by atoms with E-state index in [4.69, 9.17) is 0 Å². The highest BCUT2D eigenvalue weighted by molar-refractivity contribution is 5.90. The van der Waals surface area contributed by atoms with Gasteiger partial charge in [0.1, 0.15) is 0 Å². The van der Waals surface area contributed by atoms with Crippen molar-refractivity contribution in [2.24, 2.45) is 0 Å². The van der Waals surface area contributed by atoms with Gasteiger partial charge in [0, 0.05) is 6.54 Å². The topological polar surface area (TPSA) is 80.0 Å². The maximum Gasteiger partial charge on any atom is 0.360 e. The van der Waals surface area contributed by atoms with Crippen LogP contribution < -0.4 is 5.32 Å². The van der Waals surface area contributed by atoms with E-state index in [1.54, 1.807) is 0 Å². The van der Waals surface area contributed by atoms with Crippen LogP contribution >= 0.6 is 0 Å². The summed E-state index contributed by atoms with van der Waals surface area (Å²) in [5, 5.41) is 20.5. The van der Waals surface area contributed by atoms with Gasteiger partial charge in [0.2, 0.25) is 5.69 Å². The summed E-state index contributed by atoms with van der Waals surface area (Å²) < 4.78 is 0. The van der Waals surface area contributed by atoms with Crippen molar-refractivity contribution < 1.29 is 9.90 Å². The molecule has 1 aromatic heterocycles. The molecule has 0 aliphatic carbocycles. The van der Waals surface area contributed by atoms with Crippen LogP contribution in [-0.2, 0) is 0 Å². The molecule has 0 spiro atoms. The molecule has 0 aliphatic rings. The number of anilines is 1. The summed E-state index contributed by atoms with van der Waals surface area (Å²) in [6.45, 7) is 6.62. The number of hydrogen-bond acceptors (Lipinski definition) is 4. The zero-order chi connectivity index (χ0) is 14.7. The van der Waals surface area contributed by atoms with Gasteiger partial charge in [0.05, 0.1) is 5.69 Å². The van der Waals surface area contributed by atoms with Gasteiger partial charge in [-0.3, -0.25) is 0 Å². The molecule has 0 aliphatic heterocycles. The molecule has 106 valence electrons. The van der Waals surface area contributed by atoms with Crippen molar-refractivity contribution >= 4 is 11.8 Å². The number of hydrogen-bond donors (Lipinski definition) is 2. The molecule has 0 bridgehead atoms. The Balaban J connectivity index is 2.44. The second-order valence-electron chi connectivity index (χ2n) is 4.76. The number of nitrogens with zero attached hydrogens (tertiary/aromatic N) is 3. The van der Waals surface area contributed by atoms with Gasteiger partial charge in [-0.25, -0.2) is 4.79 Å². The van der Waals surface area contributed by atoms with Crippen LogP contribution in [0.25, 0.3) is 5.69 Å². The summed E-state index contributed by atoms with van der Waals surface area (Å²) in [5.74, 6) is -0.780. The minimum absolute atomic E-state index is 0.0578. The molecular formula is C14H18N4O2. The first-order valence-electron chi connectivity index (χ1n) is 6.54. The Bertz CT molecular complexity index is 614. The summed E-state index contributed by atoms with van der Waals surface area (Å²) in [7, 11) is 0. The Kier molecular flexibility index (Phi) is 4.02. The first kappa shape index (κ1) is 14.0. The molecule has 0 atom stereocenters. The van der Waals surface area contributed by atoms with E-state index >= 15 is 0 Å². The van der Waals surface area contributed by atoms with Crippen LogP contribution in [0.5, 0.6) is 0 Å². The van der Waals surface area contributed by atoms with E-state index in [-0.39, 0.29) is 5.69 Å². The second-order valence-corrected chi connectivity index (χ2v) is 4.76. The third-order valence-electron chi connectivity index (χ3n) is 2.80. The first-order chi connectivity index (χ1) is 9.51. The highest BCUT2D eigenvalue weighted by Crippen LogP contribution is 2.16. The van der Waals surface area contributed by atoms with E-state index in [1.807, 2.05) is 39.0 Å². The number of benzene rings is 1. The molecule has 0 fully saturated rings. The Morgan fingerprint density at radius 3 is 2.45 bits per heavy atom. The number of aromatic carboxylic acids is 1. The Morgan fingerprint density at radius 2 is 1.90 bits per heavy atom. The van der Waals surface area contributed by atoms with Crippen LogP contribution in [0, 0.1) is 13.8 Å². The smallest absolute Gasteiger partial charge is 0.360 e. The molecule has 6 nitrogen and oxygen atoms in total. The van der Waals surface area contributed by atoms with Crippen LogP contribution in [0.1, 0.15) is 35.0 Å². The van der Waals surface area contributed by atoms with Crippen molar-refractivity contribution in [3.63, 3.8) is 0 Å². The summed E-state index contributed by atoms with van der Waals surface area (Å²) in [4.78, 5) is 12.6. The maximum atomic E-state index is 11.2. The van der Waals surface area contributed by atoms with E-state index in [9.17, 15) is 9.90 Å². The molecule has 0 radical (unpaired) electrons. The quantitative estimate of drug-likeness (QED) is 0.875. The van der Waals surface area contributed by atoms with E-state index in [2.05, 4.69) is 15.5 Å². The fourth-order valence-corrected chi connectivity index (χ4v) is 1.99. The summed E-state index contributed by atoms with van der Waals surface area (Å²) >= 11 is 0. The van der Waals surface area contributed by atoms with Crippen LogP contribution in [0.15, 0.2) is 18.2 Å². The van der Waals surface area contributed by atoms with Crippen molar-refractivity contribution in [1.82, 2.24) is 15.0 Å². The van der Waals surface area contributed by atoms with E-state index in [0.717, 1.165) is 23.2 Å². The summed E-state index contributed by atoms with van der Waals surface area (Å²) in [6, 6.07) is 5.88. The number of aryl methyl sites for hydroxylation is 2. The number of nitrogens with one attached hydrogen (secondary N) is 1. The van der Waals surface area contributed by atoms with Gasteiger partial charge in [0.25, 0.3) is 0 Å². The van der Waals surface area contributed by atoms with Crippen molar-refractivity contribution in [2.45, 2.75) is 27.2 Å². The largest absolute Gasteiger partial charge is 0.476 e. The van der Waals surface area contributed by atoms with Gasteiger partial charge >= 0.3 is 5.97 Å². The number of rotatable bonds is 5. The highest BCUT2D eigenvalue weighted by Gasteiger charge is 2.18. The van der Waals surface area contributed by atoms with Crippen LogP contribution in [0.3, 0.4) is 0 Å². The van der Waals surface area contributed by atoms with Crippen LogP contribution in [0.4, 0.5) is 5.82 Å². The third-order valence-corrected chi connectivity index (χ3v) is 2.80. The van der Waals surface area contributed by atoms with Gasteiger partial charge in [0.15, 0.2) is 5.82 Å². The van der Waals surface area contributed by atoms with Gasteiger partial charge in [-0.05, 0) is 43.5 Å². The lowest BCUT2D eigenvalue weighted by Crippen LogP contribution is -2.06. The number of carboxylic acid groups (broad SMARTS) is 1. The van der Waals surface area contributed by atoms with Crippen molar-refractivity contribution in [2.75, 3.05) is 11.9 Å². The number of carbonyl (C=O) groups is 1. The molecule has 2 aromatic rings. The van der Waals surface area contributed by atoms with Gasteiger partial charge in [-0.15, -0.1) is 15.0 Å². The lowest BCUT2D eigenvalue weighted by atomic mass is 10.1. The fraction of sp³-hybridized carbons (Fsp3) is 0.357. The van der Waals surface area contributed by atoms with Gasteiger partial charge < -0.3 is 10.4 Å². The highest BCUT2D eigenvalue weighted by atomic mass is 16.4. The molecule has 0 saturated heterocycles. The standard InChI is InChI=1S/C14H18N4O2/c1-4-5-15-13-12(14(19)20)16-18(17-13)11-7-9(2)6-10(3)8-11/h6-8H,4-5H2,1-3H3,(H,15,17)(H,19,20). The molecule has 2 rings (SSSR count). The summed E-state index contributed by atoms with van der Waals surface area (Å²) in [5.41, 5.74) is 2.86. The van der Waals surface area contributed by atoms with Crippen molar-refractivity contribution in [3.05, 3.63) is 35.0 Å². The van der Waals surface area contributed by atoms with Gasteiger partial charge in [-0.1, -0.05) is 13.0 Å². The first-order valence-corrected chi connectivity index (χ1v) is 6.54. The number of carboxylic acids is 1. The second kappa shape index (κ2) is 5.73. The fourth-order valence-electron chi connectivity index (χ4n) is 1.99. The molecule has 2 N–H and O–H groups in total. The number of aromatic nitrogens is 3. The molecular weight excluding hydrogens is 256 g/mol. The predicted octanol–water partition coefficient (Wildman–Crippen LogP) is 2.40. The molecule has 6 heteroatoms. The van der Waals surface area contributed by atoms with Crippen molar-refractivity contribution in [1.29, 1.82) is 0 Å². The predicted molar refractivity (Wildman–Crippen MR) is 76.6 cm³/mol. The van der Waals surface area contributed by atoms with Gasteiger partial charge in [-0.2, -0.15) is 0 Å². The molecule has 0 saturated carbocycles. The zero-order valence-corrected chi connectivity index (χ0v) is 11.8. The van der Waals surface area contributed by atoms with Crippen molar-refractivity contribution in [3.8, 4) is 5.69 Å². The third kappa shape index (κ3) is 2.96. The molecule has 0 amide bonds. The Morgan fingerprint density at radius 1 is 1.25 bits per heavy atom. The SMILES string of the molecule is CCCNc1nn(-c2cc(C)cc(C)c2)nc1C(=O)O. The lowest BCUT2D eigenvalue weighted by molar-refractivity contribution is 0.0691. The molecule has 1 aromatic carbocycles. The minimum atomic E-state index is -1.08. The van der Waals surface area contributed by atoms with Crippen LogP contribution in [0.2, 0.25) is 0 Å². The average molecular weight is 274 g/mol. The lowest BCUT2D eigenvalue weighted by Gasteiger charge is -2.03. The monoisotopic (exact) mass is 274 g/mol. The Hall–Kier alpha value is -2.37. The van der Waals surface area contributed by atoms with Crippen LogP contribution in [-0.4, -0.2) is 32.6 Å². The molecule has 0 unspecified atom stereocenters. The average Bonchev–Trinajstić information content (AvgIpc) is 2.79. The molecule has 20 heavy (non-hydrogen) atoms. The van der Waals surface area contributed by atoms with E-state index < -0.39 is 5.97 Å².